The van der Waals surface area contributed by atoms with Crippen molar-refractivity contribution in [3.05, 3.63) is 69.8 Å². The third-order valence-corrected chi connectivity index (χ3v) is 6.67. The Morgan fingerprint density at radius 3 is 2.82 bits per heavy atom. The number of benzene rings is 1. The van der Waals surface area contributed by atoms with Crippen LogP contribution in [0.5, 0.6) is 0 Å². The van der Waals surface area contributed by atoms with E-state index >= 15 is 4.39 Å². The normalized spacial score (nSPS) is 20.7. The molecule has 1 aliphatic carbocycles. The Labute approximate surface area is 193 Å². The molecule has 4 N–H and O–H groups in total. The average Bonchev–Trinajstić information content (AvgIpc) is 3.22. The van der Waals surface area contributed by atoms with E-state index in [1.54, 1.807) is 0 Å². The number of nitrogens with one attached hydrogen (secondary N) is 2. The average molecular weight is 502 g/mol. The summed E-state index contributed by atoms with van der Waals surface area (Å²) < 4.78 is 59.9. The number of rotatable bonds is 6. The number of aromatic amines is 1. The fourth-order valence-electron chi connectivity index (χ4n) is 3.43. The van der Waals surface area contributed by atoms with Gasteiger partial charge in [-0.3, -0.25) is 4.79 Å². The Morgan fingerprint density at radius 2 is 2.09 bits per heavy atom. The molecule has 2 aromatic heterocycles. The summed E-state index contributed by atoms with van der Waals surface area (Å²) in [7, 11) is 0. The Hall–Kier alpha value is -2.60. The number of hydrogen-bond acceptors (Lipinski definition) is 6. The number of carbonyl (C=O) groups excluding carboxylic acids is 1. The zero-order valence-electron chi connectivity index (χ0n) is 16.6. The number of aromatic nitrogens is 2. The predicted octanol–water partition coefficient (Wildman–Crippen LogP) is 4.60. The molecular weight excluding hydrogens is 486 g/mol. The lowest BCUT2D eigenvalue weighted by molar-refractivity contribution is 0.103. The van der Waals surface area contributed by atoms with Crippen molar-refractivity contribution in [2.75, 3.05) is 4.72 Å². The van der Waals surface area contributed by atoms with Gasteiger partial charge in [-0.15, -0.1) is 0 Å². The molecule has 3 atom stereocenters. The number of carbonyl (C=O) groups is 1. The molecule has 0 amide bonds. The first kappa shape index (κ1) is 23.6. The number of halogens is 5. The minimum Gasteiger partial charge on any atom is -0.392 e. The van der Waals surface area contributed by atoms with Gasteiger partial charge in [0.2, 0.25) is 5.78 Å². The number of alkyl halides is 1. The summed E-state index contributed by atoms with van der Waals surface area (Å²) in [6, 6.07) is 1.88. The van der Waals surface area contributed by atoms with E-state index in [0.717, 1.165) is 18.2 Å². The van der Waals surface area contributed by atoms with Gasteiger partial charge in [0.25, 0.3) is 0 Å². The van der Waals surface area contributed by atoms with E-state index in [4.69, 9.17) is 11.6 Å². The van der Waals surface area contributed by atoms with Crippen LogP contribution in [0.3, 0.4) is 0 Å². The molecule has 33 heavy (non-hydrogen) atoms. The smallest absolute Gasteiger partial charge is 0.201 e. The van der Waals surface area contributed by atoms with Crippen LogP contribution < -0.4 is 4.72 Å². The molecule has 0 saturated carbocycles. The minimum absolute atomic E-state index is 0.0139. The van der Waals surface area contributed by atoms with Gasteiger partial charge in [0.15, 0.2) is 5.82 Å². The lowest BCUT2D eigenvalue weighted by Gasteiger charge is -2.25. The Balaban J connectivity index is 1.67. The van der Waals surface area contributed by atoms with Crippen LogP contribution in [-0.4, -0.2) is 43.5 Å². The molecule has 0 radical (unpaired) electrons. The molecule has 1 aliphatic rings. The number of anilines is 1. The topological polar surface area (TPSA) is 98.2 Å². The second-order valence-electron chi connectivity index (χ2n) is 7.30. The second kappa shape index (κ2) is 9.34. The van der Waals surface area contributed by atoms with Gasteiger partial charge >= 0.3 is 0 Å². The van der Waals surface area contributed by atoms with Crippen LogP contribution >= 0.6 is 23.5 Å². The number of aliphatic hydroxyl groups is 2. The van der Waals surface area contributed by atoms with Crippen LogP contribution in [0.2, 0.25) is 5.02 Å². The first-order chi connectivity index (χ1) is 15.7. The first-order valence-corrected chi connectivity index (χ1v) is 10.9. The molecule has 6 nitrogen and oxygen atoms in total. The van der Waals surface area contributed by atoms with Gasteiger partial charge in [0.1, 0.15) is 29.6 Å². The minimum atomic E-state index is -1.61. The monoisotopic (exact) mass is 501 g/mol. The number of hydrogen-bond donors (Lipinski definition) is 4. The van der Waals surface area contributed by atoms with Crippen LogP contribution in [0.25, 0.3) is 11.0 Å². The summed E-state index contributed by atoms with van der Waals surface area (Å²) in [4.78, 5) is 19.8. The highest BCUT2D eigenvalue weighted by molar-refractivity contribution is 8.01. The van der Waals surface area contributed by atoms with Crippen molar-refractivity contribution in [1.82, 2.24) is 9.97 Å². The van der Waals surface area contributed by atoms with Crippen LogP contribution in [0.15, 0.2) is 36.4 Å². The molecule has 174 valence electrons. The van der Waals surface area contributed by atoms with Gasteiger partial charge in [-0.2, -0.15) is 0 Å². The summed E-state index contributed by atoms with van der Waals surface area (Å²) in [6.45, 7) is -0.456. The number of aliphatic hydroxyl groups excluding tert-OH is 2. The Morgan fingerprint density at radius 1 is 1.33 bits per heavy atom. The zero-order valence-corrected chi connectivity index (χ0v) is 18.2. The molecule has 4 rings (SSSR count). The van der Waals surface area contributed by atoms with E-state index in [2.05, 4.69) is 14.7 Å². The van der Waals surface area contributed by atoms with E-state index in [1.807, 2.05) is 0 Å². The maximum absolute atomic E-state index is 15.2. The van der Waals surface area contributed by atoms with E-state index in [9.17, 15) is 28.2 Å². The van der Waals surface area contributed by atoms with Crippen molar-refractivity contribution >= 4 is 46.1 Å². The summed E-state index contributed by atoms with van der Waals surface area (Å²) in [5, 5.41) is 17.8. The third-order valence-electron chi connectivity index (χ3n) is 5.20. The van der Waals surface area contributed by atoms with E-state index in [1.165, 1.54) is 12.4 Å². The maximum Gasteiger partial charge on any atom is 0.201 e. The van der Waals surface area contributed by atoms with Gasteiger partial charge in [0, 0.05) is 29.8 Å². The number of ketones is 1. The Bertz CT molecular complexity index is 1270. The van der Waals surface area contributed by atoms with Crippen LogP contribution in [0.4, 0.5) is 23.2 Å². The SMILES string of the molecule is O=C(c1c(F)ccc(NSC2C=C(F)[C@H](O)CC2F)c1F)c1c[nH]c2ncc(CO)c(Cl)c12. The predicted molar refractivity (Wildman–Crippen MR) is 117 cm³/mol. The zero-order chi connectivity index (χ0) is 23.9. The lowest BCUT2D eigenvalue weighted by atomic mass is 10.0. The lowest BCUT2D eigenvalue weighted by Crippen LogP contribution is -2.30. The van der Waals surface area contributed by atoms with Crippen molar-refractivity contribution < 1.29 is 32.6 Å². The summed E-state index contributed by atoms with van der Waals surface area (Å²) in [5.41, 5.74) is -0.949. The Kier molecular flexibility index (Phi) is 6.66. The van der Waals surface area contributed by atoms with Gasteiger partial charge < -0.3 is 19.9 Å². The summed E-state index contributed by atoms with van der Waals surface area (Å²) >= 11 is 6.86. The molecule has 0 fully saturated rings. The van der Waals surface area contributed by atoms with E-state index < -0.39 is 59.4 Å². The molecule has 2 heterocycles. The molecule has 0 saturated heterocycles. The molecule has 12 heteroatoms. The number of fused-ring (bicyclic) bond motifs is 1. The van der Waals surface area contributed by atoms with Crippen LogP contribution in [0, 0.1) is 11.6 Å². The number of H-pyrrole nitrogens is 1. The van der Waals surface area contributed by atoms with E-state index in [0.29, 0.717) is 11.9 Å². The van der Waals surface area contributed by atoms with Gasteiger partial charge in [-0.25, -0.2) is 22.5 Å². The van der Waals surface area contributed by atoms with Crippen molar-refractivity contribution in [2.24, 2.45) is 0 Å². The van der Waals surface area contributed by atoms with Gasteiger partial charge in [0.05, 0.1) is 33.7 Å². The molecule has 0 bridgehead atoms. The maximum atomic E-state index is 15.2. The number of nitrogens with zero attached hydrogens (tertiary/aromatic N) is 1. The second-order valence-corrected chi connectivity index (χ2v) is 8.66. The quantitative estimate of drug-likeness (QED) is 0.224. The summed E-state index contributed by atoms with van der Waals surface area (Å²) in [6.07, 6.45) is -0.213. The first-order valence-electron chi connectivity index (χ1n) is 9.62. The standard InChI is InChI=1S/C21H16ClF4N3O3S/c22-18-8(7-30)5-27-21-16(18)9(6-28-21)20(32)17-10(23)1-2-13(19(17)26)29-33-15-4-11(24)14(31)3-12(15)25/h1-2,4-6,12,14-15,29-31H,3,7H2,(H,27,28)/t12?,14-,15?/m1/s1. The molecule has 3 aromatic rings. The van der Waals surface area contributed by atoms with Crippen molar-refractivity contribution in [1.29, 1.82) is 0 Å². The highest BCUT2D eigenvalue weighted by Gasteiger charge is 2.32. The van der Waals surface area contributed by atoms with E-state index in [-0.39, 0.29) is 32.9 Å². The largest absolute Gasteiger partial charge is 0.392 e. The van der Waals surface area contributed by atoms with Gasteiger partial charge in [-0.05, 0) is 30.2 Å². The molecule has 0 aliphatic heterocycles. The fourth-order valence-corrected chi connectivity index (χ4v) is 4.61. The fraction of sp³-hybridized carbons (Fsp3) is 0.238. The van der Waals surface area contributed by atoms with Gasteiger partial charge in [-0.1, -0.05) is 11.6 Å². The van der Waals surface area contributed by atoms with Crippen molar-refractivity contribution in [3.8, 4) is 0 Å². The molecule has 2 unspecified atom stereocenters. The highest BCUT2D eigenvalue weighted by Crippen LogP contribution is 2.35. The molecule has 1 aromatic carbocycles. The van der Waals surface area contributed by atoms with Crippen molar-refractivity contribution in [2.45, 2.75) is 30.6 Å². The third kappa shape index (κ3) is 4.33. The van der Waals surface area contributed by atoms with Crippen molar-refractivity contribution in [3.63, 3.8) is 0 Å². The molecule has 0 spiro atoms. The highest BCUT2D eigenvalue weighted by atomic mass is 35.5. The molecular formula is C21H16ClF4N3O3S. The van der Waals surface area contributed by atoms with Crippen LogP contribution in [-0.2, 0) is 6.61 Å². The summed E-state index contributed by atoms with van der Waals surface area (Å²) in [5.74, 6) is -4.30. The van der Waals surface area contributed by atoms with Crippen LogP contribution in [0.1, 0.15) is 27.9 Å². The number of pyridine rings is 1.